The zero-order chi connectivity index (χ0) is 17.6. The Balaban J connectivity index is 1.59. The van der Waals surface area contributed by atoms with Crippen LogP contribution in [0.25, 0.3) is 0 Å². The lowest BCUT2D eigenvalue weighted by atomic mass is 10.1. The molecular weight excluding hydrogens is 316 g/mol. The maximum absolute atomic E-state index is 12.9. The number of amides is 2. The average molecular weight is 334 g/mol. The van der Waals surface area contributed by atoms with Gasteiger partial charge in [0.15, 0.2) is 12.1 Å². The van der Waals surface area contributed by atoms with Crippen LogP contribution in [0.5, 0.6) is 0 Å². The van der Waals surface area contributed by atoms with Crippen molar-refractivity contribution in [3.63, 3.8) is 0 Å². The molecule has 0 bridgehead atoms. The van der Waals surface area contributed by atoms with Crippen LogP contribution < -0.4 is 4.90 Å². The third kappa shape index (κ3) is 2.59. The molecular formula is C19H18N4O2. The molecule has 2 atom stereocenters. The van der Waals surface area contributed by atoms with Gasteiger partial charge in [0.2, 0.25) is 0 Å². The van der Waals surface area contributed by atoms with Crippen molar-refractivity contribution in [2.75, 3.05) is 4.90 Å². The summed E-state index contributed by atoms with van der Waals surface area (Å²) in [7, 11) is 0. The Hall–Kier alpha value is -3.02. The van der Waals surface area contributed by atoms with E-state index in [4.69, 9.17) is 0 Å². The highest BCUT2D eigenvalue weighted by atomic mass is 16.2. The highest BCUT2D eigenvalue weighted by Gasteiger charge is 2.54. The van der Waals surface area contributed by atoms with E-state index in [-0.39, 0.29) is 11.8 Å². The summed E-state index contributed by atoms with van der Waals surface area (Å²) in [6.07, 6.45) is 0. The first-order valence-electron chi connectivity index (χ1n) is 8.22. The van der Waals surface area contributed by atoms with Gasteiger partial charge in [-0.05, 0) is 31.5 Å². The Kier molecular flexibility index (Phi) is 3.60. The van der Waals surface area contributed by atoms with E-state index < -0.39 is 12.1 Å². The smallest absolute Gasteiger partial charge is 0.263 e. The molecule has 2 aromatic rings. The van der Waals surface area contributed by atoms with E-state index in [0.717, 1.165) is 11.1 Å². The molecule has 0 saturated carbocycles. The predicted molar refractivity (Wildman–Crippen MR) is 92.8 cm³/mol. The average Bonchev–Trinajstić information content (AvgIpc) is 3.12. The fourth-order valence-electron chi connectivity index (χ4n) is 3.18. The van der Waals surface area contributed by atoms with Crippen molar-refractivity contribution < 1.29 is 9.59 Å². The van der Waals surface area contributed by atoms with Gasteiger partial charge in [-0.1, -0.05) is 52.7 Å². The van der Waals surface area contributed by atoms with Crippen LogP contribution in [0.2, 0.25) is 0 Å². The fourth-order valence-corrected chi connectivity index (χ4v) is 3.18. The van der Waals surface area contributed by atoms with Crippen molar-refractivity contribution >= 4 is 17.5 Å². The quantitative estimate of drug-likeness (QED) is 0.811. The molecule has 2 aliphatic heterocycles. The third-order valence-electron chi connectivity index (χ3n) is 4.62. The van der Waals surface area contributed by atoms with Gasteiger partial charge in [0.1, 0.15) is 0 Å². The van der Waals surface area contributed by atoms with Gasteiger partial charge in [0, 0.05) is 0 Å². The number of imide groups is 1. The number of aryl methyl sites for hydroxylation is 2. The van der Waals surface area contributed by atoms with Crippen LogP contribution >= 0.6 is 0 Å². The van der Waals surface area contributed by atoms with Gasteiger partial charge in [-0.2, -0.15) is 5.11 Å². The first-order chi connectivity index (χ1) is 12.0. The van der Waals surface area contributed by atoms with E-state index in [1.165, 1.54) is 10.5 Å². The van der Waals surface area contributed by atoms with Gasteiger partial charge >= 0.3 is 0 Å². The first-order valence-corrected chi connectivity index (χ1v) is 8.22. The molecule has 25 heavy (non-hydrogen) atoms. The van der Waals surface area contributed by atoms with Gasteiger partial charge in [-0.25, -0.2) is 4.90 Å². The Morgan fingerprint density at radius 1 is 0.880 bits per heavy atom. The summed E-state index contributed by atoms with van der Waals surface area (Å²) in [6.45, 7) is 4.43. The zero-order valence-corrected chi connectivity index (χ0v) is 14.1. The van der Waals surface area contributed by atoms with Crippen molar-refractivity contribution in [3.8, 4) is 0 Å². The summed E-state index contributed by atoms with van der Waals surface area (Å²) in [5.41, 5.74) is 3.85. The summed E-state index contributed by atoms with van der Waals surface area (Å²) in [6, 6.07) is 14.0. The van der Waals surface area contributed by atoms with E-state index in [1.54, 1.807) is 17.1 Å². The van der Waals surface area contributed by atoms with Gasteiger partial charge in [0.25, 0.3) is 11.8 Å². The predicted octanol–water partition coefficient (Wildman–Crippen LogP) is 2.80. The van der Waals surface area contributed by atoms with Crippen LogP contribution in [0.1, 0.15) is 16.7 Å². The van der Waals surface area contributed by atoms with E-state index >= 15 is 0 Å². The van der Waals surface area contributed by atoms with Crippen molar-refractivity contribution in [1.29, 1.82) is 0 Å². The molecule has 0 N–H and O–H groups in total. The summed E-state index contributed by atoms with van der Waals surface area (Å²) >= 11 is 0. The lowest BCUT2D eigenvalue weighted by Crippen LogP contribution is -2.39. The topological polar surface area (TPSA) is 65.3 Å². The van der Waals surface area contributed by atoms with Crippen LogP contribution in [-0.2, 0) is 16.1 Å². The van der Waals surface area contributed by atoms with Gasteiger partial charge in [-0.3, -0.25) is 14.6 Å². The van der Waals surface area contributed by atoms with Gasteiger partial charge < -0.3 is 0 Å². The second-order valence-corrected chi connectivity index (χ2v) is 6.53. The normalized spacial score (nSPS) is 22.0. The summed E-state index contributed by atoms with van der Waals surface area (Å²) in [5, 5.41) is 9.74. The minimum atomic E-state index is -0.751. The SMILES string of the molecule is Cc1ccc(CN2N=N[C@@H]3C(=O)N(c4ccc(C)cc4)C(=O)[C@@H]32)cc1. The number of fused-ring (bicyclic) bond motifs is 1. The van der Waals surface area contributed by atoms with E-state index in [0.29, 0.717) is 12.2 Å². The Labute approximate surface area is 145 Å². The van der Waals surface area contributed by atoms with E-state index in [1.807, 2.05) is 50.2 Å². The number of anilines is 1. The Morgan fingerprint density at radius 2 is 1.48 bits per heavy atom. The lowest BCUT2D eigenvalue weighted by molar-refractivity contribution is -0.123. The minimum absolute atomic E-state index is 0.268. The van der Waals surface area contributed by atoms with E-state index in [2.05, 4.69) is 10.3 Å². The number of carbonyl (C=O) groups excluding carboxylic acids is 2. The molecule has 2 aromatic carbocycles. The molecule has 4 rings (SSSR count). The molecule has 0 radical (unpaired) electrons. The fraction of sp³-hybridized carbons (Fsp3) is 0.263. The number of hydrogen-bond acceptors (Lipinski definition) is 5. The molecule has 1 saturated heterocycles. The third-order valence-corrected chi connectivity index (χ3v) is 4.62. The molecule has 0 spiro atoms. The van der Waals surface area contributed by atoms with Crippen LogP contribution in [0.4, 0.5) is 5.69 Å². The molecule has 126 valence electrons. The summed E-state index contributed by atoms with van der Waals surface area (Å²) in [4.78, 5) is 26.8. The first kappa shape index (κ1) is 15.5. The number of benzene rings is 2. The monoisotopic (exact) mass is 334 g/mol. The molecule has 0 aliphatic carbocycles. The maximum Gasteiger partial charge on any atom is 0.263 e. The molecule has 2 amide bonds. The largest absolute Gasteiger partial charge is 0.271 e. The second kappa shape index (κ2) is 5.81. The molecule has 6 heteroatoms. The Bertz CT molecular complexity index is 858. The van der Waals surface area contributed by atoms with Crippen molar-refractivity contribution in [2.45, 2.75) is 32.5 Å². The number of hydrogen-bond donors (Lipinski definition) is 0. The van der Waals surface area contributed by atoms with Crippen LogP contribution in [0.15, 0.2) is 58.9 Å². The van der Waals surface area contributed by atoms with Crippen LogP contribution in [0.3, 0.4) is 0 Å². The molecule has 0 aromatic heterocycles. The number of nitrogens with zero attached hydrogens (tertiary/aromatic N) is 4. The van der Waals surface area contributed by atoms with Gasteiger partial charge in [-0.15, -0.1) is 0 Å². The summed E-state index contributed by atoms with van der Waals surface area (Å²) in [5.74, 6) is -0.579. The van der Waals surface area contributed by atoms with E-state index in [9.17, 15) is 9.59 Å². The Morgan fingerprint density at radius 3 is 2.12 bits per heavy atom. The standard InChI is InChI=1S/C19H18N4O2/c1-12-3-7-14(8-4-12)11-22-17-16(20-21-22)18(24)23(19(17)25)15-9-5-13(2)6-10-15/h3-10,16-17H,11H2,1-2H3/t16-,17+/m0/s1. The lowest BCUT2D eigenvalue weighted by Gasteiger charge is -2.20. The molecule has 6 nitrogen and oxygen atoms in total. The molecule has 1 fully saturated rings. The molecule has 2 aliphatic rings. The molecule has 2 heterocycles. The number of carbonyl (C=O) groups is 2. The number of rotatable bonds is 3. The van der Waals surface area contributed by atoms with Crippen LogP contribution in [-0.4, -0.2) is 28.9 Å². The van der Waals surface area contributed by atoms with Crippen LogP contribution in [0, 0.1) is 13.8 Å². The second-order valence-electron chi connectivity index (χ2n) is 6.53. The minimum Gasteiger partial charge on any atom is -0.271 e. The maximum atomic E-state index is 12.9. The highest BCUT2D eigenvalue weighted by Crippen LogP contribution is 2.32. The van der Waals surface area contributed by atoms with Gasteiger partial charge in [0.05, 0.1) is 12.2 Å². The molecule has 0 unspecified atom stereocenters. The van der Waals surface area contributed by atoms with Crippen molar-refractivity contribution in [2.24, 2.45) is 10.3 Å². The van der Waals surface area contributed by atoms with Crippen molar-refractivity contribution in [1.82, 2.24) is 5.01 Å². The zero-order valence-electron chi connectivity index (χ0n) is 14.1. The van der Waals surface area contributed by atoms with Crippen molar-refractivity contribution in [3.05, 3.63) is 65.2 Å². The highest BCUT2D eigenvalue weighted by molar-refractivity contribution is 6.25. The summed E-state index contributed by atoms with van der Waals surface area (Å²) < 4.78 is 0.